The van der Waals surface area contributed by atoms with Gasteiger partial charge in [0.1, 0.15) is 17.1 Å². The van der Waals surface area contributed by atoms with Gasteiger partial charge in [0.2, 0.25) is 0 Å². The van der Waals surface area contributed by atoms with Gasteiger partial charge in [-0.3, -0.25) is 9.59 Å². The van der Waals surface area contributed by atoms with E-state index in [1.54, 1.807) is 18.2 Å². The number of ether oxygens (including phenoxy) is 2. The molecule has 0 bridgehead atoms. The van der Waals surface area contributed by atoms with Crippen molar-refractivity contribution in [3.05, 3.63) is 53.6 Å². The van der Waals surface area contributed by atoms with Gasteiger partial charge in [-0.2, -0.15) is 0 Å². The molecular formula is C22H25NO4. The molecule has 0 fully saturated rings. The molecule has 0 unspecified atom stereocenters. The van der Waals surface area contributed by atoms with Crippen LogP contribution in [0.5, 0.6) is 11.5 Å². The molecule has 1 amide bonds. The lowest BCUT2D eigenvalue weighted by Gasteiger charge is -2.31. The number of ketones is 1. The van der Waals surface area contributed by atoms with Crippen molar-refractivity contribution in [3.8, 4) is 11.5 Å². The first kappa shape index (κ1) is 19.0. The van der Waals surface area contributed by atoms with Crippen LogP contribution in [0.4, 0.5) is 5.69 Å². The van der Waals surface area contributed by atoms with Gasteiger partial charge in [-0.1, -0.05) is 25.5 Å². The van der Waals surface area contributed by atoms with Gasteiger partial charge in [-0.15, -0.1) is 0 Å². The molecule has 0 saturated carbocycles. The zero-order chi connectivity index (χ0) is 19.4. The fourth-order valence-corrected chi connectivity index (χ4v) is 3.12. The average molecular weight is 367 g/mol. The first-order valence-electron chi connectivity index (χ1n) is 9.24. The third-order valence-corrected chi connectivity index (χ3v) is 4.37. The van der Waals surface area contributed by atoms with Gasteiger partial charge < -0.3 is 14.8 Å². The van der Waals surface area contributed by atoms with E-state index < -0.39 is 5.60 Å². The quantitative estimate of drug-likeness (QED) is 0.822. The highest BCUT2D eigenvalue weighted by atomic mass is 16.5. The summed E-state index contributed by atoms with van der Waals surface area (Å²) in [6, 6.07) is 12.9. The van der Waals surface area contributed by atoms with Crippen LogP contribution in [0.15, 0.2) is 42.5 Å². The Balaban J connectivity index is 1.58. The second kappa shape index (κ2) is 7.82. The van der Waals surface area contributed by atoms with Crippen LogP contribution in [-0.2, 0) is 11.2 Å². The number of aryl methyl sites for hydroxylation is 1. The van der Waals surface area contributed by atoms with E-state index in [-0.39, 0.29) is 18.3 Å². The van der Waals surface area contributed by atoms with Crippen LogP contribution in [0.1, 0.15) is 49.5 Å². The lowest BCUT2D eigenvalue weighted by molar-refractivity contribution is -0.118. The van der Waals surface area contributed by atoms with Crippen molar-refractivity contribution in [1.82, 2.24) is 0 Å². The molecule has 5 heteroatoms. The van der Waals surface area contributed by atoms with Crippen LogP contribution in [0.2, 0.25) is 0 Å². The monoisotopic (exact) mass is 367 g/mol. The number of rotatable bonds is 6. The van der Waals surface area contributed by atoms with E-state index in [2.05, 4.69) is 12.2 Å². The van der Waals surface area contributed by atoms with Gasteiger partial charge >= 0.3 is 0 Å². The van der Waals surface area contributed by atoms with Gasteiger partial charge in [0.25, 0.3) is 5.91 Å². The smallest absolute Gasteiger partial charge is 0.262 e. The summed E-state index contributed by atoms with van der Waals surface area (Å²) < 4.78 is 11.4. The van der Waals surface area contributed by atoms with Gasteiger partial charge in [0.05, 0.1) is 12.0 Å². The lowest BCUT2D eigenvalue weighted by atomic mass is 9.93. The number of fused-ring (bicyclic) bond motifs is 1. The van der Waals surface area contributed by atoms with Crippen molar-refractivity contribution in [3.63, 3.8) is 0 Å². The normalized spacial score (nSPS) is 14.9. The van der Waals surface area contributed by atoms with Crippen molar-refractivity contribution < 1.29 is 19.1 Å². The Morgan fingerprint density at radius 1 is 1.19 bits per heavy atom. The summed E-state index contributed by atoms with van der Waals surface area (Å²) in [6.45, 7) is 5.81. The molecule has 1 aliphatic rings. The third-order valence-electron chi connectivity index (χ3n) is 4.37. The van der Waals surface area contributed by atoms with E-state index in [1.807, 2.05) is 38.1 Å². The molecule has 0 atom stereocenters. The lowest BCUT2D eigenvalue weighted by Crippen LogP contribution is -2.35. The highest BCUT2D eigenvalue weighted by Gasteiger charge is 2.32. The predicted molar refractivity (Wildman–Crippen MR) is 105 cm³/mol. The van der Waals surface area contributed by atoms with Gasteiger partial charge in [-0.25, -0.2) is 0 Å². The van der Waals surface area contributed by atoms with Crippen LogP contribution in [0.3, 0.4) is 0 Å². The molecule has 0 saturated heterocycles. The van der Waals surface area contributed by atoms with Crippen LogP contribution >= 0.6 is 0 Å². The standard InChI is InChI=1S/C22H25NO4/c1-4-5-15-6-9-17(10-7-15)26-14-21(25)23-16-8-11-20-18(12-16)19(24)13-22(2,3)27-20/h6-12H,4-5,13-14H2,1-3H3,(H,23,25). The number of carbonyl (C=O) groups excluding carboxylic acids is 2. The van der Waals surface area contributed by atoms with E-state index in [4.69, 9.17) is 9.47 Å². The summed E-state index contributed by atoms with van der Waals surface area (Å²) in [7, 11) is 0. The largest absolute Gasteiger partial charge is 0.487 e. The molecule has 1 aliphatic heterocycles. The van der Waals surface area contributed by atoms with Crippen LogP contribution in [0.25, 0.3) is 0 Å². The zero-order valence-electron chi connectivity index (χ0n) is 16.0. The number of amides is 1. The SMILES string of the molecule is CCCc1ccc(OCC(=O)Nc2ccc3c(c2)C(=O)CC(C)(C)O3)cc1. The zero-order valence-corrected chi connectivity index (χ0v) is 16.0. The molecule has 1 heterocycles. The maximum atomic E-state index is 12.3. The Hall–Kier alpha value is -2.82. The molecule has 5 nitrogen and oxygen atoms in total. The number of carbonyl (C=O) groups is 2. The Morgan fingerprint density at radius 3 is 2.63 bits per heavy atom. The van der Waals surface area contributed by atoms with Crippen molar-refractivity contribution >= 4 is 17.4 Å². The first-order valence-corrected chi connectivity index (χ1v) is 9.24. The highest BCUT2D eigenvalue weighted by molar-refractivity contribution is 6.02. The minimum absolute atomic E-state index is 0.0146. The number of nitrogens with one attached hydrogen (secondary N) is 1. The molecule has 0 aromatic heterocycles. The predicted octanol–water partition coefficient (Wildman–Crippen LogP) is 4.40. The van der Waals surface area contributed by atoms with E-state index in [9.17, 15) is 9.59 Å². The number of benzene rings is 2. The average Bonchev–Trinajstić information content (AvgIpc) is 2.61. The molecule has 3 rings (SSSR count). The first-order chi connectivity index (χ1) is 12.9. The summed E-state index contributed by atoms with van der Waals surface area (Å²) in [4.78, 5) is 24.5. The minimum atomic E-state index is -0.505. The van der Waals surface area contributed by atoms with Gasteiger partial charge in [0.15, 0.2) is 12.4 Å². The molecule has 2 aromatic rings. The van der Waals surface area contributed by atoms with E-state index in [1.165, 1.54) is 5.56 Å². The summed E-state index contributed by atoms with van der Waals surface area (Å²) >= 11 is 0. The molecule has 2 aromatic carbocycles. The second-order valence-corrected chi connectivity index (χ2v) is 7.40. The summed E-state index contributed by atoms with van der Waals surface area (Å²) in [5.74, 6) is 0.941. The Morgan fingerprint density at radius 2 is 1.93 bits per heavy atom. The maximum Gasteiger partial charge on any atom is 0.262 e. The molecule has 0 radical (unpaired) electrons. The Kier molecular flexibility index (Phi) is 5.49. The third kappa shape index (κ3) is 4.88. The van der Waals surface area contributed by atoms with Crippen molar-refractivity contribution in [1.29, 1.82) is 0 Å². The number of anilines is 1. The molecule has 142 valence electrons. The highest BCUT2D eigenvalue weighted by Crippen LogP contribution is 2.34. The molecule has 1 N–H and O–H groups in total. The van der Waals surface area contributed by atoms with Gasteiger partial charge in [-0.05, 0) is 56.2 Å². The van der Waals surface area contributed by atoms with Crippen LogP contribution < -0.4 is 14.8 Å². The Bertz CT molecular complexity index is 840. The number of Topliss-reactive ketones (excluding diaryl/α,β-unsaturated/α-hetero) is 1. The van der Waals surface area contributed by atoms with E-state index >= 15 is 0 Å². The fourth-order valence-electron chi connectivity index (χ4n) is 3.12. The summed E-state index contributed by atoms with van der Waals surface area (Å²) in [6.07, 6.45) is 2.43. The summed E-state index contributed by atoms with van der Waals surface area (Å²) in [5, 5.41) is 2.76. The number of hydrogen-bond donors (Lipinski definition) is 1. The van der Waals surface area contributed by atoms with Crippen molar-refractivity contribution in [2.24, 2.45) is 0 Å². The molecule has 0 aliphatic carbocycles. The number of hydrogen-bond acceptors (Lipinski definition) is 4. The summed E-state index contributed by atoms with van der Waals surface area (Å²) in [5.41, 5.74) is 1.80. The van der Waals surface area contributed by atoms with Crippen molar-refractivity contribution in [2.45, 2.75) is 45.6 Å². The Labute approximate surface area is 159 Å². The minimum Gasteiger partial charge on any atom is -0.487 e. The van der Waals surface area contributed by atoms with E-state index in [0.29, 0.717) is 29.2 Å². The topological polar surface area (TPSA) is 64.6 Å². The molecular weight excluding hydrogens is 342 g/mol. The van der Waals surface area contributed by atoms with E-state index in [0.717, 1.165) is 12.8 Å². The second-order valence-electron chi connectivity index (χ2n) is 7.40. The molecule has 0 spiro atoms. The van der Waals surface area contributed by atoms with Gasteiger partial charge in [0, 0.05) is 5.69 Å². The fraction of sp³-hybridized carbons (Fsp3) is 0.364. The van der Waals surface area contributed by atoms with Crippen LogP contribution in [0, 0.1) is 0 Å². The van der Waals surface area contributed by atoms with Crippen molar-refractivity contribution in [2.75, 3.05) is 11.9 Å². The van der Waals surface area contributed by atoms with Crippen LogP contribution in [-0.4, -0.2) is 23.9 Å². The molecule has 27 heavy (non-hydrogen) atoms. The maximum absolute atomic E-state index is 12.3.